The minimum Gasteiger partial charge on any atom is -0.444 e. The average Bonchev–Trinajstić information content (AvgIpc) is 2.87. The van der Waals surface area contributed by atoms with Gasteiger partial charge in [-0.15, -0.1) is 0 Å². The quantitative estimate of drug-likeness (QED) is 0.256. The standard InChI is InChI=1S/C33H47ClN4O5/c1-19(2)16-17-22(5)38(31(41)26(18-27(35)39)36-32(42)43-33(7,8)9)29(24-14-10-12-20(3)23(24)6)30(40)37-28-21(4)13-11-15-25(28)34/h10-15,19,22,26,29H,16-18H2,1-9H3,(H2,35,39)(H,36,42)(H,37,40). The van der Waals surface area contributed by atoms with Crippen LogP contribution in [0.3, 0.4) is 0 Å². The number of halogens is 1. The first kappa shape index (κ1) is 35.6. The Morgan fingerprint density at radius 3 is 2.12 bits per heavy atom. The highest BCUT2D eigenvalue weighted by molar-refractivity contribution is 6.34. The van der Waals surface area contributed by atoms with E-state index in [9.17, 15) is 19.2 Å². The number of carbonyl (C=O) groups excluding carboxylic acids is 4. The van der Waals surface area contributed by atoms with E-state index in [0.29, 0.717) is 28.6 Å². The Labute approximate surface area is 260 Å². The van der Waals surface area contributed by atoms with Gasteiger partial charge in [-0.05, 0) is 95.5 Å². The van der Waals surface area contributed by atoms with E-state index in [1.54, 1.807) is 32.9 Å². The van der Waals surface area contributed by atoms with E-state index in [0.717, 1.165) is 23.1 Å². The Balaban J connectivity index is 2.74. The van der Waals surface area contributed by atoms with Gasteiger partial charge in [0.05, 0.1) is 17.1 Å². The zero-order valence-electron chi connectivity index (χ0n) is 26.8. The Morgan fingerprint density at radius 1 is 0.953 bits per heavy atom. The lowest BCUT2D eigenvalue weighted by Gasteiger charge is -2.39. The number of amides is 4. The fourth-order valence-corrected chi connectivity index (χ4v) is 5.08. The first-order valence-corrected chi connectivity index (χ1v) is 15.0. The van der Waals surface area contributed by atoms with Crippen LogP contribution in [0, 0.1) is 26.7 Å². The molecule has 0 aliphatic heterocycles. The zero-order chi connectivity index (χ0) is 32.6. The minimum atomic E-state index is -1.36. The highest BCUT2D eigenvalue weighted by Gasteiger charge is 2.40. The second-order valence-electron chi connectivity index (χ2n) is 12.5. The number of ether oxygens (including phenoxy) is 1. The van der Waals surface area contributed by atoms with Crippen molar-refractivity contribution in [3.05, 3.63) is 63.7 Å². The molecule has 0 aliphatic rings. The van der Waals surface area contributed by atoms with Crippen molar-refractivity contribution in [2.45, 2.75) is 105 Å². The summed E-state index contributed by atoms with van der Waals surface area (Å²) in [5.74, 6) is -1.56. The molecule has 0 radical (unpaired) electrons. The van der Waals surface area contributed by atoms with E-state index >= 15 is 0 Å². The molecule has 10 heteroatoms. The smallest absolute Gasteiger partial charge is 0.408 e. The van der Waals surface area contributed by atoms with E-state index in [1.165, 1.54) is 4.90 Å². The van der Waals surface area contributed by atoms with E-state index in [-0.39, 0.29) is 0 Å². The van der Waals surface area contributed by atoms with Gasteiger partial charge in [0.1, 0.15) is 17.7 Å². The van der Waals surface area contributed by atoms with Crippen molar-refractivity contribution in [3.8, 4) is 0 Å². The van der Waals surface area contributed by atoms with Crippen LogP contribution in [0.1, 0.15) is 89.1 Å². The number of nitrogens with one attached hydrogen (secondary N) is 2. The molecule has 0 saturated heterocycles. The molecule has 2 rings (SSSR count). The van der Waals surface area contributed by atoms with Gasteiger partial charge >= 0.3 is 6.09 Å². The third-order valence-corrected chi connectivity index (χ3v) is 7.54. The van der Waals surface area contributed by atoms with E-state index in [4.69, 9.17) is 22.1 Å². The van der Waals surface area contributed by atoms with E-state index < -0.39 is 54.0 Å². The van der Waals surface area contributed by atoms with Crippen molar-refractivity contribution in [2.24, 2.45) is 11.7 Å². The molecule has 0 spiro atoms. The van der Waals surface area contributed by atoms with Crippen LogP contribution in [-0.4, -0.2) is 46.4 Å². The van der Waals surface area contributed by atoms with Gasteiger partial charge in [0.2, 0.25) is 11.8 Å². The second-order valence-corrected chi connectivity index (χ2v) is 13.0. The lowest BCUT2D eigenvalue weighted by atomic mass is 9.92. The Morgan fingerprint density at radius 2 is 1.56 bits per heavy atom. The first-order valence-electron chi connectivity index (χ1n) is 14.6. The summed E-state index contributed by atoms with van der Waals surface area (Å²) in [4.78, 5) is 55.3. The molecule has 4 amide bonds. The Hall–Kier alpha value is -3.59. The summed E-state index contributed by atoms with van der Waals surface area (Å²) in [5, 5.41) is 5.86. The van der Waals surface area contributed by atoms with Crippen LogP contribution in [0.15, 0.2) is 36.4 Å². The molecular formula is C33H47ClN4O5. The van der Waals surface area contributed by atoms with Gasteiger partial charge in [0.15, 0.2) is 0 Å². The second kappa shape index (κ2) is 15.2. The third-order valence-electron chi connectivity index (χ3n) is 7.22. The molecular weight excluding hydrogens is 568 g/mol. The predicted molar refractivity (Wildman–Crippen MR) is 171 cm³/mol. The highest BCUT2D eigenvalue weighted by atomic mass is 35.5. The number of anilines is 1. The predicted octanol–water partition coefficient (Wildman–Crippen LogP) is 6.37. The number of hydrogen-bond acceptors (Lipinski definition) is 5. The maximum absolute atomic E-state index is 14.5. The minimum absolute atomic E-state index is 0.333. The number of nitrogens with zero attached hydrogens (tertiary/aromatic N) is 1. The summed E-state index contributed by atoms with van der Waals surface area (Å²) in [6.07, 6.45) is -0.00789. The van der Waals surface area contributed by atoms with E-state index in [1.807, 2.05) is 52.0 Å². The maximum atomic E-state index is 14.5. The number of nitrogens with two attached hydrogens (primary N) is 1. The van der Waals surface area contributed by atoms with Crippen molar-refractivity contribution in [1.82, 2.24) is 10.2 Å². The molecule has 43 heavy (non-hydrogen) atoms. The van der Waals surface area contributed by atoms with Crippen LogP contribution < -0.4 is 16.4 Å². The molecule has 3 unspecified atom stereocenters. The molecule has 9 nitrogen and oxygen atoms in total. The van der Waals surface area contributed by atoms with Crippen molar-refractivity contribution < 1.29 is 23.9 Å². The molecule has 0 heterocycles. The molecule has 4 N–H and O–H groups in total. The van der Waals surface area contributed by atoms with Gasteiger partial charge < -0.3 is 26.0 Å². The van der Waals surface area contributed by atoms with Crippen molar-refractivity contribution in [2.75, 3.05) is 5.32 Å². The average molecular weight is 615 g/mol. The summed E-state index contributed by atoms with van der Waals surface area (Å²) < 4.78 is 5.39. The van der Waals surface area contributed by atoms with Crippen LogP contribution in [0.25, 0.3) is 0 Å². The molecule has 0 bridgehead atoms. The molecule has 0 aliphatic carbocycles. The molecule has 0 saturated carbocycles. The number of carbonyl (C=O) groups is 4. The number of aryl methyl sites for hydroxylation is 2. The summed E-state index contributed by atoms with van der Waals surface area (Å²) in [5.41, 5.74) is 8.27. The third kappa shape index (κ3) is 10.3. The highest BCUT2D eigenvalue weighted by Crippen LogP contribution is 2.33. The SMILES string of the molecule is Cc1cccc(C(C(=O)Nc2c(C)cccc2Cl)N(C(=O)C(CC(N)=O)NC(=O)OC(C)(C)C)C(C)CCC(C)C)c1C. The summed E-state index contributed by atoms with van der Waals surface area (Å²) in [7, 11) is 0. The number of alkyl carbamates (subject to hydrolysis) is 1. The van der Waals surface area contributed by atoms with Gasteiger partial charge in [-0.25, -0.2) is 4.79 Å². The summed E-state index contributed by atoms with van der Waals surface area (Å²) >= 11 is 6.48. The topological polar surface area (TPSA) is 131 Å². The Kier molecular flexibility index (Phi) is 12.6. The molecule has 0 fully saturated rings. The van der Waals surface area contributed by atoms with Crippen molar-refractivity contribution in [3.63, 3.8) is 0 Å². The molecule has 236 valence electrons. The monoisotopic (exact) mass is 614 g/mol. The number of primary amides is 1. The van der Waals surface area contributed by atoms with Gasteiger partial charge in [-0.1, -0.05) is 55.8 Å². The van der Waals surface area contributed by atoms with Crippen LogP contribution in [0.4, 0.5) is 10.5 Å². The fraction of sp³-hybridized carbons (Fsp3) is 0.515. The van der Waals surface area contributed by atoms with Crippen LogP contribution in [0.5, 0.6) is 0 Å². The van der Waals surface area contributed by atoms with Crippen LogP contribution >= 0.6 is 11.6 Å². The molecule has 0 aromatic heterocycles. The van der Waals surface area contributed by atoms with E-state index in [2.05, 4.69) is 24.5 Å². The number of rotatable bonds is 12. The summed E-state index contributed by atoms with van der Waals surface area (Å²) in [6, 6.07) is 7.92. The Bertz CT molecular complexity index is 1300. The fourth-order valence-electron chi connectivity index (χ4n) is 4.81. The zero-order valence-corrected chi connectivity index (χ0v) is 27.6. The summed E-state index contributed by atoms with van der Waals surface area (Å²) in [6.45, 7) is 16.7. The van der Waals surface area contributed by atoms with Gasteiger partial charge in [-0.2, -0.15) is 0 Å². The normalized spacial score (nSPS) is 13.6. The first-order chi connectivity index (χ1) is 19.9. The molecule has 2 aromatic carbocycles. The van der Waals surface area contributed by atoms with Gasteiger partial charge in [0, 0.05) is 6.04 Å². The molecule has 3 atom stereocenters. The number of benzene rings is 2. The number of hydrogen-bond donors (Lipinski definition) is 3. The van der Waals surface area contributed by atoms with Crippen molar-refractivity contribution >= 4 is 41.1 Å². The number of para-hydroxylation sites is 1. The largest absolute Gasteiger partial charge is 0.444 e. The van der Waals surface area contributed by atoms with Gasteiger partial charge in [-0.3, -0.25) is 14.4 Å². The van der Waals surface area contributed by atoms with Crippen molar-refractivity contribution in [1.29, 1.82) is 0 Å². The van der Waals surface area contributed by atoms with Crippen LogP contribution in [0.2, 0.25) is 5.02 Å². The van der Waals surface area contributed by atoms with Crippen LogP contribution in [-0.2, 0) is 19.1 Å². The lowest BCUT2D eigenvalue weighted by Crippen LogP contribution is -2.56. The maximum Gasteiger partial charge on any atom is 0.408 e. The molecule has 2 aromatic rings. The van der Waals surface area contributed by atoms with Gasteiger partial charge in [0.25, 0.3) is 5.91 Å². The lowest BCUT2D eigenvalue weighted by molar-refractivity contribution is -0.144.